The molecule has 40 heavy (non-hydrogen) atoms. The zero-order chi connectivity index (χ0) is 29.5. The smallest absolute Gasteiger partial charge is 0.426 e. The van der Waals surface area contributed by atoms with Crippen LogP contribution in [-0.4, -0.2) is 52.6 Å². The number of carbonyl (C=O) groups is 1. The number of hydrogen-bond acceptors (Lipinski definition) is 7. The van der Waals surface area contributed by atoms with Crippen molar-refractivity contribution in [1.29, 1.82) is 0 Å². The van der Waals surface area contributed by atoms with Crippen molar-refractivity contribution in [3.05, 3.63) is 63.8 Å². The van der Waals surface area contributed by atoms with Crippen molar-refractivity contribution in [2.24, 2.45) is 0 Å². The van der Waals surface area contributed by atoms with Crippen LogP contribution in [0, 0.1) is 0 Å². The molecule has 216 valence electrons. The van der Waals surface area contributed by atoms with Crippen molar-refractivity contribution in [2.75, 3.05) is 32.0 Å². The van der Waals surface area contributed by atoms with Gasteiger partial charge in [0.15, 0.2) is 0 Å². The third kappa shape index (κ3) is 6.20. The zero-order valence-corrected chi connectivity index (χ0v) is 22.5. The molecule has 0 amide bonds. The topological polar surface area (TPSA) is 84.9 Å². The van der Waals surface area contributed by atoms with Gasteiger partial charge in [-0.15, -0.1) is 11.3 Å². The summed E-state index contributed by atoms with van der Waals surface area (Å²) in [4.78, 5) is 11.1. The predicted octanol–water partition coefficient (Wildman–Crippen LogP) is 6.12. The normalized spacial score (nSPS) is 16.6. The quantitative estimate of drug-likeness (QED) is 0.257. The van der Waals surface area contributed by atoms with Gasteiger partial charge in [0.2, 0.25) is 0 Å². The summed E-state index contributed by atoms with van der Waals surface area (Å²) in [7, 11) is -2.37. The highest BCUT2D eigenvalue weighted by atomic mass is 32.2. The molecule has 2 heterocycles. The van der Waals surface area contributed by atoms with Gasteiger partial charge in [0.05, 0.1) is 18.4 Å². The molecule has 1 atom stereocenters. The number of anilines is 1. The number of rotatable bonds is 7. The fourth-order valence-corrected chi connectivity index (χ4v) is 7.14. The first kappa shape index (κ1) is 29.7. The molecule has 2 aromatic carbocycles. The van der Waals surface area contributed by atoms with Crippen LogP contribution in [0.1, 0.15) is 26.5 Å². The van der Waals surface area contributed by atoms with Crippen molar-refractivity contribution in [3.8, 4) is 16.9 Å². The van der Waals surface area contributed by atoms with Crippen LogP contribution in [0.3, 0.4) is 0 Å². The maximum atomic E-state index is 14.1. The summed E-state index contributed by atoms with van der Waals surface area (Å²) in [5.41, 5.74) is -2.50. The molecule has 0 aliphatic carbocycles. The minimum Gasteiger partial charge on any atom is -0.488 e. The summed E-state index contributed by atoms with van der Waals surface area (Å²) in [6, 6.07) is 8.98. The van der Waals surface area contributed by atoms with E-state index in [0.29, 0.717) is 25.6 Å². The molecule has 0 saturated carbocycles. The number of benzene rings is 2. The fraction of sp³-hybridized carbons (Fsp3) is 0.320. The first-order valence-corrected chi connectivity index (χ1v) is 13.9. The van der Waals surface area contributed by atoms with Gasteiger partial charge in [-0.1, -0.05) is 30.3 Å². The molecular weight excluding hydrogens is 586 g/mol. The number of sulfonamides is 1. The number of thiophene rings is 1. The Labute approximate surface area is 229 Å². The van der Waals surface area contributed by atoms with Gasteiger partial charge in [0, 0.05) is 24.7 Å². The van der Waals surface area contributed by atoms with Crippen molar-refractivity contribution in [2.45, 2.75) is 29.8 Å². The number of methoxy groups -OCH3 is 1. The van der Waals surface area contributed by atoms with Crippen LogP contribution in [0.4, 0.5) is 32.0 Å². The Morgan fingerprint density at radius 2 is 1.73 bits per heavy atom. The molecule has 3 aromatic rings. The summed E-state index contributed by atoms with van der Waals surface area (Å²) in [6.07, 6.45) is -10.0. The monoisotopic (exact) mass is 608 g/mol. The van der Waals surface area contributed by atoms with Gasteiger partial charge in [-0.05, 0) is 31.2 Å². The molecule has 0 radical (unpaired) electrons. The van der Waals surface area contributed by atoms with Crippen molar-refractivity contribution in [3.63, 3.8) is 0 Å². The lowest BCUT2D eigenvalue weighted by Crippen LogP contribution is -2.23. The van der Waals surface area contributed by atoms with E-state index in [0.717, 1.165) is 19.2 Å². The number of likely N-dealkylation sites (tertiary alicyclic amines) is 1. The number of ether oxygens (including phenoxy) is 2. The molecule has 1 fully saturated rings. The second-order valence-electron chi connectivity index (χ2n) is 8.92. The molecule has 0 spiro atoms. The highest BCUT2D eigenvalue weighted by Crippen LogP contribution is 2.48. The average molecular weight is 609 g/mol. The lowest BCUT2D eigenvalue weighted by atomic mass is 10.1. The maximum absolute atomic E-state index is 14.1. The van der Waals surface area contributed by atoms with Crippen LogP contribution in [0.25, 0.3) is 11.1 Å². The van der Waals surface area contributed by atoms with E-state index in [2.05, 4.69) is 4.74 Å². The first-order valence-electron chi connectivity index (χ1n) is 11.6. The molecule has 0 bridgehead atoms. The minimum atomic E-state index is -5.05. The van der Waals surface area contributed by atoms with Crippen LogP contribution in [0.5, 0.6) is 5.75 Å². The molecule has 15 heteroatoms. The highest BCUT2D eigenvalue weighted by molar-refractivity contribution is 7.93. The first-order chi connectivity index (χ1) is 18.6. The van der Waals surface area contributed by atoms with Crippen molar-refractivity contribution < 1.29 is 49.0 Å². The van der Waals surface area contributed by atoms with Crippen LogP contribution in [0.15, 0.2) is 53.4 Å². The molecule has 7 nitrogen and oxygen atoms in total. The van der Waals surface area contributed by atoms with Crippen LogP contribution < -0.4 is 9.46 Å². The Balaban J connectivity index is 1.85. The Morgan fingerprint density at radius 1 is 1.05 bits per heavy atom. The Bertz CT molecular complexity index is 1500. The van der Waals surface area contributed by atoms with Gasteiger partial charge >= 0.3 is 18.3 Å². The number of esters is 1. The predicted molar refractivity (Wildman–Crippen MR) is 135 cm³/mol. The van der Waals surface area contributed by atoms with Crippen LogP contribution in [-0.2, 0) is 27.1 Å². The van der Waals surface area contributed by atoms with Gasteiger partial charge in [0.1, 0.15) is 26.5 Å². The van der Waals surface area contributed by atoms with Crippen molar-refractivity contribution >= 4 is 33.0 Å². The maximum Gasteiger partial charge on any atom is 0.426 e. The summed E-state index contributed by atoms with van der Waals surface area (Å²) in [5.74, 6) is -1.98. The molecular formula is C25H22F6N2O5S2. The van der Waals surface area contributed by atoms with Gasteiger partial charge < -0.3 is 14.4 Å². The van der Waals surface area contributed by atoms with Crippen LogP contribution in [0.2, 0.25) is 0 Å². The van der Waals surface area contributed by atoms with E-state index in [1.54, 1.807) is 7.05 Å². The number of hydrogen-bond donors (Lipinski definition) is 1. The van der Waals surface area contributed by atoms with Gasteiger partial charge in [-0.3, -0.25) is 4.72 Å². The Kier molecular flexibility index (Phi) is 8.11. The molecule has 1 N–H and O–H groups in total. The third-order valence-electron chi connectivity index (χ3n) is 6.00. The number of alkyl halides is 6. The Morgan fingerprint density at radius 3 is 2.27 bits per heavy atom. The molecule has 1 aromatic heterocycles. The number of nitrogens with zero attached hydrogens (tertiary/aromatic N) is 1. The third-order valence-corrected chi connectivity index (χ3v) is 8.80. The standard InChI is InChI=1S/C25H22F6N2O5S2/c1-33-11-10-16(13-33)38-18-12-15(8-9-17(18)24(26,27)28)32-40(35,36)21-19(14-6-4-3-5-7-14)22(25(29,30)31)39-20(21)23(34)37-2/h3-9,12,16,32H,10-11,13H2,1-2H3/t16-/m1/s1. The zero-order valence-electron chi connectivity index (χ0n) is 20.9. The average Bonchev–Trinajstić information content (AvgIpc) is 3.47. The van der Waals surface area contributed by atoms with E-state index in [-0.39, 0.29) is 16.9 Å². The van der Waals surface area contributed by atoms with Gasteiger partial charge in [-0.2, -0.15) is 26.3 Å². The van der Waals surface area contributed by atoms with E-state index in [4.69, 9.17) is 4.74 Å². The van der Waals surface area contributed by atoms with E-state index in [9.17, 15) is 39.6 Å². The van der Waals surface area contributed by atoms with Gasteiger partial charge in [-0.25, -0.2) is 13.2 Å². The Hall–Kier alpha value is -3.30. The number of halogens is 6. The largest absolute Gasteiger partial charge is 0.488 e. The van der Waals surface area contributed by atoms with Crippen LogP contribution >= 0.6 is 11.3 Å². The number of carbonyl (C=O) groups excluding carboxylic acids is 1. The van der Waals surface area contributed by atoms with E-state index >= 15 is 0 Å². The second kappa shape index (κ2) is 10.9. The lowest BCUT2D eigenvalue weighted by molar-refractivity contribution is -0.139. The summed E-state index contributed by atoms with van der Waals surface area (Å²) < 4.78 is 123. The molecule has 1 aliphatic heterocycles. The van der Waals surface area contributed by atoms with Crippen molar-refractivity contribution in [1.82, 2.24) is 4.90 Å². The summed E-state index contributed by atoms with van der Waals surface area (Å²) in [6.45, 7) is 0.919. The van der Waals surface area contributed by atoms with E-state index < -0.39 is 71.7 Å². The SMILES string of the molecule is COC(=O)c1sc(C(F)(F)F)c(-c2ccccc2)c1S(=O)(=O)Nc1ccc(C(F)(F)F)c(O[C@@H]2CCN(C)C2)c1. The molecule has 1 aliphatic rings. The number of likely N-dealkylation sites (N-methyl/N-ethyl adjacent to an activating group) is 1. The van der Waals surface area contributed by atoms with E-state index in [1.807, 2.05) is 9.62 Å². The second-order valence-corrected chi connectivity index (χ2v) is 11.6. The highest BCUT2D eigenvalue weighted by Gasteiger charge is 2.43. The summed E-state index contributed by atoms with van der Waals surface area (Å²) in [5, 5.41) is 0. The fourth-order valence-electron chi connectivity index (χ4n) is 4.26. The minimum absolute atomic E-state index is 0.108. The van der Waals surface area contributed by atoms with E-state index in [1.165, 1.54) is 30.3 Å². The number of nitrogens with one attached hydrogen (secondary N) is 1. The van der Waals surface area contributed by atoms with Gasteiger partial charge in [0.25, 0.3) is 10.0 Å². The lowest BCUT2D eigenvalue weighted by Gasteiger charge is -2.20. The molecule has 4 rings (SSSR count). The molecule has 0 unspecified atom stereocenters. The summed E-state index contributed by atoms with van der Waals surface area (Å²) >= 11 is -0.108. The molecule has 1 saturated heterocycles.